The number of esters is 1. The summed E-state index contributed by atoms with van der Waals surface area (Å²) < 4.78 is 5.73. The van der Waals surface area contributed by atoms with E-state index in [0.717, 1.165) is 33.7 Å². The van der Waals surface area contributed by atoms with E-state index in [1.165, 1.54) is 6.07 Å². The summed E-state index contributed by atoms with van der Waals surface area (Å²) in [5, 5.41) is 18.0. The van der Waals surface area contributed by atoms with Gasteiger partial charge >= 0.3 is 5.97 Å². The zero-order valence-electron chi connectivity index (χ0n) is 19.5. The standard InChI is InChI=1S/C27H28N2O4S/c1-17(2)14-21-16-34-26-25(21)24(20-10-7-11-22(15-20)29(31)32)23(18(3)28-26)27(30)33-13-12-19-8-5-4-6-9-19/h4-11,15-17,24,28H,12-14H2,1-3H3. The maximum Gasteiger partial charge on any atom is 0.336 e. The summed E-state index contributed by atoms with van der Waals surface area (Å²) in [6.45, 7) is 6.44. The Morgan fingerprint density at radius 3 is 2.65 bits per heavy atom. The van der Waals surface area contributed by atoms with E-state index in [1.54, 1.807) is 23.5 Å². The largest absolute Gasteiger partial charge is 0.462 e. The fraction of sp³-hybridized carbons (Fsp3) is 0.296. The number of fused-ring (bicyclic) bond motifs is 1. The third-order valence-electron chi connectivity index (χ3n) is 5.92. The van der Waals surface area contributed by atoms with Gasteiger partial charge in [0, 0.05) is 35.7 Å². The number of nitrogens with zero attached hydrogens (tertiary/aromatic N) is 1. The molecule has 0 fully saturated rings. The lowest BCUT2D eigenvalue weighted by atomic mass is 9.80. The van der Waals surface area contributed by atoms with Crippen molar-refractivity contribution in [3.63, 3.8) is 0 Å². The van der Waals surface area contributed by atoms with Gasteiger partial charge in [0.2, 0.25) is 0 Å². The molecule has 1 unspecified atom stereocenters. The van der Waals surface area contributed by atoms with E-state index in [0.29, 0.717) is 23.6 Å². The summed E-state index contributed by atoms with van der Waals surface area (Å²) in [7, 11) is 0. The molecule has 6 nitrogen and oxygen atoms in total. The van der Waals surface area contributed by atoms with Gasteiger partial charge in [0.1, 0.15) is 0 Å². The van der Waals surface area contributed by atoms with Crippen LogP contribution in [0.3, 0.4) is 0 Å². The molecule has 7 heteroatoms. The molecule has 0 amide bonds. The Bertz CT molecular complexity index is 1230. The van der Waals surface area contributed by atoms with Crippen LogP contribution < -0.4 is 5.32 Å². The predicted octanol–water partition coefficient (Wildman–Crippen LogP) is 6.47. The van der Waals surface area contributed by atoms with Crippen LogP contribution in [0, 0.1) is 16.0 Å². The lowest BCUT2D eigenvalue weighted by Crippen LogP contribution is -2.25. The molecule has 0 saturated heterocycles. The molecule has 1 aliphatic rings. The van der Waals surface area contributed by atoms with Gasteiger partial charge in [0.15, 0.2) is 0 Å². The van der Waals surface area contributed by atoms with E-state index in [4.69, 9.17) is 4.74 Å². The van der Waals surface area contributed by atoms with Crippen molar-refractivity contribution in [3.05, 3.63) is 104 Å². The Hall–Kier alpha value is -3.45. The zero-order chi connectivity index (χ0) is 24.2. The molecule has 176 valence electrons. The van der Waals surface area contributed by atoms with Gasteiger partial charge < -0.3 is 10.1 Å². The smallest absolute Gasteiger partial charge is 0.336 e. The first kappa shape index (κ1) is 23.7. The number of carbonyl (C=O) groups is 1. The van der Waals surface area contributed by atoms with Crippen LogP contribution in [0.1, 0.15) is 48.9 Å². The molecule has 1 aliphatic heterocycles. The number of nitro benzene ring substituents is 1. The number of carbonyl (C=O) groups excluding carboxylic acids is 1. The second-order valence-corrected chi connectivity index (χ2v) is 9.80. The Morgan fingerprint density at radius 2 is 1.94 bits per heavy atom. The third-order valence-corrected chi connectivity index (χ3v) is 6.88. The highest BCUT2D eigenvalue weighted by Crippen LogP contribution is 2.47. The zero-order valence-corrected chi connectivity index (χ0v) is 20.4. The van der Waals surface area contributed by atoms with E-state index in [2.05, 4.69) is 24.5 Å². The van der Waals surface area contributed by atoms with E-state index in [-0.39, 0.29) is 12.3 Å². The number of hydrogen-bond donors (Lipinski definition) is 1. The molecule has 2 heterocycles. The van der Waals surface area contributed by atoms with Gasteiger partial charge in [-0.25, -0.2) is 4.79 Å². The van der Waals surface area contributed by atoms with Crippen molar-refractivity contribution in [1.82, 2.24) is 0 Å². The van der Waals surface area contributed by atoms with Gasteiger partial charge in [0.05, 0.1) is 22.1 Å². The quantitative estimate of drug-likeness (QED) is 0.229. The summed E-state index contributed by atoms with van der Waals surface area (Å²) in [6.07, 6.45) is 1.48. The normalized spacial score (nSPS) is 15.1. The Morgan fingerprint density at radius 1 is 1.18 bits per heavy atom. The molecule has 2 aromatic carbocycles. The molecular formula is C27H28N2O4S. The maximum atomic E-state index is 13.4. The second kappa shape index (κ2) is 10.2. The predicted molar refractivity (Wildman–Crippen MR) is 135 cm³/mol. The number of nitrogens with one attached hydrogen (secondary N) is 1. The first-order chi connectivity index (χ1) is 16.3. The van der Waals surface area contributed by atoms with Gasteiger partial charge in [-0.15, -0.1) is 11.3 Å². The van der Waals surface area contributed by atoms with E-state index in [9.17, 15) is 14.9 Å². The van der Waals surface area contributed by atoms with Gasteiger partial charge in [-0.1, -0.05) is 56.3 Å². The van der Waals surface area contributed by atoms with Crippen LogP contribution >= 0.6 is 11.3 Å². The Kier molecular flexibility index (Phi) is 7.12. The maximum absolute atomic E-state index is 13.4. The second-order valence-electron chi connectivity index (χ2n) is 8.92. The summed E-state index contributed by atoms with van der Waals surface area (Å²) in [4.78, 5) is 24.5. The number of rotatable bonds is 8. The van der Waals surface area contributed by atoms with Crippen molar-refractivity contribution in [2.45, 2.75) is 39.5 Å². The van der Waals surface area contributed by atoms with Crippen LogP contribution in [0.4, 0.5) is 10.7 Å². The molecule has 0 bridgehead atoms. The average Bonchev–Trinajstić information content (AvgIpc) is 3.20. The lowest BCUT2D eigenvalue weighted by molar-refractivity contribution is -0.384. The number of hydrogen-bond acceptors (Lipinski definition) is 6. The summed E-state index contributed by atoms with van der Waals surface area (Å²) in [6, 6.07) is 16.5. The van der Waals surface area contributed by atoms with E-state index < -0.39 is 16.8 Å². The first-order valence-corrected chi connectivity index (χ1v) is 12.3. The fourth-order valence-corrected chi connectivity index (χ4v) is 5.49. The minimum atomic E-state index is -0.430. The molecule has 1 atom stereocenters. The Labute approximate surface area is 203 Å². The van der Waals surface area contributed by atoms with Gasteiger partial charge in [-0.2, -0.15) is 0 Å². The SMILES string of the molecule is CC1=C(C(=O)OCCc2ccccc2)C(c2cccc([N+](=O)[O-])c2)c2c(CC(C)C)csc2N1. The van der Waals surface area contributed by atoms with Crippen LogP contribution in [0.15, 0.2) is 71.2 Å². The van der Waals surface area contributed by atoms with Crippen molar-refractivity contribution < 1.29 is 14.5 Å². The molecule has 1 N–H and O–H groups in total. The van der Waals surface area contributed by atoms with Crippen LogP contribution in [-0.2, 0) is 22.4 Å². The summed E-state index contributed by atoms with van der Waals surface area (Å²) >= 11 is 1.60. The molecule has 0 aliphatic carbocycles. The van der Waals surface area contributed by atoms with E-state index in [1.807, 2.05) is 43.3 Å². The molecule has 34 heavy (non-hydrogen) atoms. The molecular weight excluding hydrogens is 448 g/mol. The number of non-ortho nitro benzene ring substituents is 1. The van der Waals surface area contributed by atoms with Crippen LogP contribution in [0.2, 0.25) is 0 Å². The van der Waals surface area contributed by atoms with Gasteiger partial charge in [-0.05, 0) is 41.3 Å². The number of allylic oxidation sites excluding steroid dienone is 1. The highest BCUT2D eigenvalue weighted by molar-refractivity contribution is 7.14. The first-order valence-electron chi connectivity index (χ1n) is 11.4. The number of anilines is 1. The molecule has 4 rings (SSSR count). The van der Waals surface area contributed by atoms with E-state index >= 15 is 0 Å². The van der Waals surface area contributed by atoms with Crippen LogP contribution in [0.5, 0.6) is 0 Å². The molecule has 0 spiro atoms. The number of nitro groups is 1. The van der Waals surface area contributed by atoms with Crippen LogP contribution in [0.25, 0.3) is 0 Å². The minimum Gasteiger partial charge on any atom is -0.462 e. The molecule has 0 radical (unpaired) electrons. The number of benzene rings is 2. The highest BCUT2D eigenvalue weighted by Gasteiger charge is 2.36. The Balaban J connectivity index is 1.71. The minimum absolute atomic E-state index is 0.00710. The molecule has 1 aromatic heterocycles. The monoisotopic (exact) mass is 476 g/mol. The van der Waals surface area contributed by atoms with Crippen LogP contribution in [-0.4, -0.2) is 17.5 Å². The van der Waals surface area contributed by atoms with Crippen molar-refractivity contribution in [3.8, 4) is 0 Å². The van der Waals surface area contributed by atoms with Crippen molar-refractivity contribution in [1.29, 1.82) is 0 Å². The summed E-state index contributed by atoms with van der Waals surface area (Å²) in [5.74, 6) is -0.400. The number of thiophene rings is 1. The highest BCUT2D eigenvalue weighted by atomic mass is 32.1. The average molecular weight is 477 g/mol. The van der Waals surface area contributed by atoms with Crippen molar-refractivity contribution in [2.75, 3.05) is 11.9 Å². The molecule has 3 aromatic rings. The van der Waals surface area contributed by atoms with Gasteiger partial charge in [0.25, 0.3) is 5.69 Å². The van der Waals surface area contributed by atoms with Gasteiger partial charge in [-0.3, -0.25) is 10.1 Å². The lowest BCUT2D eigenvalue weighted by Gasteiger charge is -2.29. The topological polar surface area (TPSA) is 81.5 Å². The molecule has 0 saturated carbocycles. The summed E-state index contributed by atoms with van der Waals surface area (Å²) in [5.41, 5.74) is 5.21. The third kappa shape index (κ3) is 5.04. The number of ether oxygens (including phenoxy) is 1. The fourth-order valence-electron chi connectivity index (χ4n) is 4.42. The van der Waals surface area contributed by atoms with Crippen molar-refractivity contribution in [2.24, 2.45) is 5.92 Å². The van der Waals surface area contributed by atoms with Crippen molar-refractivity contribution >= 4 is 28.0 Å².